The van der Waals surface area contributed by atoms with Gasteiger partial charge < -0.3 is 29.0 Å². The third kappa shape index (κ3) is 6.11. The number of carbonyl (C=O) groups excluding carboxylic acids is 2. The lowest BCUT2D eigenvalue weighted by Crippen LogP contribution is -2.67. The number of hydrogen-bond acceptors (Lipinski definition) is 11. The van der Waals surface area contributed by atoms with E-state index in [2.05, 4.69) is 5.32 Å². The quantitative estimate of drug-likeness (QED) is 0.235. The van der Waals surface area contributed by atoms with E-state index in [1.165, 1.54) is 7.11 Å². The number of non-ortho nitro benzene ring substituents is 2. The van der Waals surface area contributed by atoms with Gasteiger partial charge in [-0.15, -0.1) is 0 Å². The van der Waals surface area contributed by atoms with Gasteiger partial charge in [0.2, 0.25) is 0 Å². The van der Waals surface area contributed by atoms with Crippen molar-refractivity contribution in [2.45, 2.75) is 36.9 Å². The van der Waals surface area contributed by atoms with Crippen LogP contribution in [0, 0.1) is 20.2 Å². The molecule has 218 valence electrons. The van der Waals surface area contributed by atoms with Gasteiger partial charge in [0, 0.05) is 24.8 Å². The van der Waals surface area contributed by atoms with Gasteiger partial charge >= 0.3 is 5.97 Å². The summed E-state index contributed by atoms with van der Waals surface area (Å²) < 4.78 is 29.5. The van der Waals surface area contributed by atoms with Crippen molar-refractivity contribution >= 4 is 23.3 Å². The van der Waals surface area contributed by atoms with E-state index in [4.69, 9.17) is 23.7 Å². The third-order valence-electron chi connectivity index (χ3n) is 6.78. The summed E-state index contributed by atoms with van der Waals surface area (Å²) in [6.45, 7) is 0.0429. The number of nitrogens with one attached hydrogen (secondary N) is 1. The first kappa shape index (κ1) is 28.8. The Balaban J connectivity index is 1.49. The molecular formula is C28H25N3O11. The van der Waals surface area contributed by atoms with Crippen LogP contribution in [0.25, 0.3) is 0 Å². The number of nitrogens with zero attached hydrogens (tertiary/aromatic N) is 2. The lowest BCUT2D eigenvalue weighted by molar-refractivity contribution is -0.394. The highest BCUT2D eigenvalue weighted by molar-refractivity contribution is 5.96. The molecule has 14 nitrogen and oxygen atoms in total. The Morgan fingerprint density at radius 2 is 1.50 bits per heavy atom. The van der Waals surface area contributed by atoms with Crippen molar-refractivity contribution in [3.63, 3.8) is 0 Å². The van der Waals surface area contributed by atoms with Crippen LogP contribution in [0.15, 0.2) is 78.9 Å². The summed E-state index contributed by atoms with van der Waals surface area (Å²) in [6.07, 6.45) is -4.95. The fourth-order valence-electron chi connectivity index (χ4n) is 4.78. The topological polar surface area (TPSA) is 179 Å². The highest BCUT2D eigenvalue weighted by Gasteiger charge is 2.53. The van der Waals surface area contributed by atoms with Gasteiger partial charge in [-0.25, -0.2) is 4.79 Å². The lowest BCUT2D eigenvalue weighted by Gasteiger charge is -2.48. The van der Waals surface area contributed by atoms with Gasteiger partial charge in [-0.1, -0.05) is 48.5 Å². The molecule has 0 bridgehead atoms. The molecule has 5 rings (SSSR count). The van der Waals surface area contributed by atoms with Crippen LogP contribution in [0.2, 0.25) is 0 Å². The molecule has 0 spiro atoms. The number of carbonyl (C=O) groups is 2. The number of methoxy groups -OCH3 is 1. The predicted molar refractivity (Wildman–Crippen MR) is 142 cm³/mol. The molecule has 2 fully saturated rings. The van der Waals surface area contributed by atoms with Crippen molar-refractivity contribution in [2.24, 2.45) is 0 Å². The van der Waals surface area contributed by atoms with E-state index < -0.39 is 70.0 Å². The highest BCUT2D eigenvalue weighted by Crippen LogP contribution is 2.36. The number of hydrogen-bond donors (Lipinski definition) is 1. The molecule has 0 radical (unpaired) electrons. The minimum Gasteiger partial charge on any atom is -0.453 e. The lowest BCUT2D eigenvalue weighted by atomic mass is 9.94. The summed E-state index contributed by atoms with van der Waals surface area (Å²) in [7, 11) is 1.32. The van der Waals surface area contributed by atoms with Gasteiger partial charge in [-0.2, -0.15) is 0 Å². The van der Waals surface area contributed by atoms with Crippen molar-refractivity contribution in [1.29, 1.82) is 0 Å². The second-order valence-corrected chi connectivity index (χ2v) is 9.44. The van der Waals surface area contributed by atoms with Crippen molar-refractivity contribution in [1.82, 2.24) is 5.32 Å². The number of esters is 1. The number of fused-ring (bicyclic) bond motifs is 1. The first-order valence-corrected chi connectivity index (χ1v) is 12.8. The second-order valence-electron chi connectivity index (χ2n) is 9.44. The van der Waals surface area contributed by atoms with E-state index in [0.717, 1.165) is 18.2 Å². The van der Waals surface area contributed by atoms with E-state index in [1.54, 1.807) is 54.6 Å². The molecule has 1 N–H and O–H groups in total. The first-order valence-electron chi connectivity index (χ1n) is 12.8. The first-order chi connectivity index (χ1) is 20.2. The summed E-state index contributed by atoms with van der Waals surface area (Å²) in [5.74, 6) is -1.64. The third-order valence-corrected chi connectivity index (χ3v) is 6.78. The van der Waals surface area contributed by atoms with E-state index >= 15 is 0 Å². The molecule has 14 heteroatoms. The monoisotopic (exact) mass is 579 g/mol. The molecule has 3 aromatic carbocycles. The van der Waals surface area contributed by atoms with E-state index in [9.17, 15) is 29.8 Å². The molecule has 3 aromatic rings. The number of nitro benzene ring substituents is 2. The Morgan fingerprint density at radius 3 is 2.10 bits per heavy atom. The highest BCUT2D eigenvalue weighted by atomic mass is 16.8. The van der Waals surface area contributed by atoms with Gasteiger partial charge in [-0.3, -0.25) is 25.0 Å². The Morgan fingerprint density at radius 1 is 0.881 bits per heavy atom. The average Bonchev–Trinajstić information content (AvgIpc) is 3.02. The van der Waals surface area contributed by atoms with Crippen LogP contribution in [0.4, 0.5) is 11.4 Å². The molecule has 2 aliphatic rings. The van der Waals surface area contributed by atoms with Crippen LogP contribution in [-0.4, -0.2) is 66.1 Å². The zero-order chi connectivity index (χ0) is 29.8. The van der Waals surface area contributed by atoms with Crippen LogP contribution in [0.3, 0.4) is 0 Å². The summed E-state index contributed by atoms with van der Waals surface area (Å²) in [4.78, 5) is 47.7. The SMILES string of the molecule is CO[C@H]1O[C@@H]2COC(c3ccccc3)O[C@H]2[C@H](OC(=O)c2ccccc2)[C@H]1NC(=O)c1cc([N+](=O)[O-])cc([N+](=O)[O-])c1. The molecule has 2 aliphatic heterocycles. The average molecular weight is 580 g/mol. The predicted octanol–water partition coefficient (Wildman–Crippen LogP) is 3.31. The molecule has 1 unspecified atom stereocenters. The number of nitro groups is 2. The van der Waals surface area contributed by atoms with Crippen molar-refractivity contribution in [2.75, 3.05) is 13.7 Å². The minimum atomic E-state index is -1.20. The molecule has 42 heavy (non-hydrogen) atoms. The standard InChI is InChI=1S/C28H25N3O11/c1-38-28-22(29-25(32)18-12-19(30(34)35)14-20(13-18)31(36)37)24(41-26(33)16-8-4-2-5-9-16)23-21(40-28)15-39-27(42-23)17-10-6-3-7-11-17/h2-14,21-24,27-28H,15H2,1H3,(H,29,32)/t21-,22-,23-,24-,27?,28+/m1/s1. The van der Waals surface area contributed by atoms with Crippen LogP contribution in [0.5, 0.6) is 0 Å². The normalized spacial score (nSPS) is 25.1. The molecule has 0 aliphatic carbocycles. The molecule has 2 saturated heterocycles. The Hall–Kier alpha value is -4.76. The summed E-state index contributed by atoms with van der Waals surface area (Å²) in [5.41, 5.74) is -0.731. The zero-order valence-electron chi connectivity index (χ0n) is 22.1. The fraction of sp³-hybridized carbons (Fsp3) is 0.286. The van der Waals surface area contributed by atoms with Crippen molar-refractivity contribution < 1.29 is 43.1 Å². The van der Waals surface area contributed by atoms with Gasteiger partial charge in [0.1, 0.15) is 18.2 Å². The van der Waals surface area contributed by atoms with Crippen LogP contribution in [-0.2, 0) is 23.7 Å². The maximum atomic E-state index is 13.4. The summed E-state index contributed by atoms with van der Waals surface area (Å²) in [5, 5.41) is 25.4. The van der Waals surface area contributed by atoms with Crippen LogP contribution >= 0.6 is 0 Å². The number of amides is 1. The summed E-state index contributed by atoms with van der Waals surface area (Å²) in [6, 6.07) is 18.5. The van der Waals surface area contributed by atoms with Crippen LogP contribution < -0.4 is 5.32 Å². The molecule has 2 heterocycles. The van der Waals surface area contributed by atoms with E-state index in [0.29, 0.717) is 5.56 Å². The number of rotatable bonds is 8. The molecular weight excluding hydrogens is 554 g/mol. The number of ether oxygens (including phenoxy) is 5. The van der Waals surface area contributed by atoms with Gasteiger partial charge in [0.05, 0.1) is 33.6 Å². The fourth-order valence-corrected chi connectivity index (χ4v) is 4.78. The van der Waals surface area contributed by atoms with Gasteiger partial charge in [0.15, 0.2) is 18.7 Å². The van der Waals surface area contributed by atoms with E-state index in [-0.39, 0.29) is 17.7 Å². The van der Waals surface area contributed by atoms with Crippen molar-refractivity contribution in [3.8, 4) is 0 Å². The second kappa shape index (κ2) is 12.4. The maximum Gasteiger partial charge on any atom is 0.338 e. The van der Waals surface area contributed by atoms with Gasteiger partial charge in [-0.05, 0) is 12.1 Å². The van der Waals surface area contributed by atoms with E-state index in [1.807, 2.05) is 6.07 Å². The summed E-state index contributed by atoms with van der Waals surface area (Å²) >= 11 is 0. The molecule has 0 saturated carbocycles. The number of benzene rings is 3. The molecule has 1 amide bonds. The van der Waals surface area contributed by atoms with Gasteiger partial charge in [0.25, 0.3) is 17.3 Å². The smallest absolute Gasteiger partial charge is 0.338 e. The maximum absolute atomic E-state index is 13.4. The van der Waals surface area contributed by atoms with Crippen LogP contribution in [0.1, 0.15) is 32.6 Å². The zero-order valence-corrected chi connectivity index (χ0v) is 22.1. The Labute approximate surface area is 238 Å². The largest absolute Gasteiger partial charge is 0.453 e. The minimum absolute atomic E-state index is 0.0429. The molecule has 0 aromatic heterocycles. The Kier molecular flexibility index (Phi) is 8.49. The Bertz CT molecular complexity index is 1440. The molecule has 6 atom stereocenters. The van der Waals surface area contributed by atoms with Crippen molar-refractivity contribution in [3.05, 3.63) is 116 Å².